The molecule has 2 aromatic rings. The second-order valence-electron chi connectivity index (χ2n) is 9.01. The summed E-state index contributed by atoms with van der Waals surface area (Å²) in [5.74, 6) is 0.162. The number of nitro groups is 1. The summed E-state index contributed by atoms with van der Waals surface area (Å²) in [4.78, 5) is 24.3. The molecule has 0 spiro atoms. The molecule has 7 nitrogen and oxygen atoms in total. The Morgan fingerprint density at radius 3 is 2.25 bits per heavy atom. The summed E-state index contributed by atoms with van der Waals surface area (Å²) in [5, 5.41) is 11.9. The highest BCUT2D eigenvalue weighted by molar-refractivity contribution is 9.08. The summed E-state index contributed by atoms with van der Waals surface area (Å²) in [6.45, 7) is 12.3. The molecule has 0 aliphatic heterocycles. The molecule has 0 aliphatic rings. The van der Waals surface area contributed by atoms with E-state index >= 15 is 0 Å². The molecule has 2 aromatic carbocycles. The van der Waals surface area contributed by atoms with Crippen LogP contribution >= 0.6 is 15.9 Å². The molecule has 0 N–H and O–H groups in total. The maximum absolute atomic E-state index is 13.3. The summed E-state index contributed by atoms with van der Waals surface area (Å²) in [7, 11) is -0.738. The third-order valence-electron chi connectivity index (χ3n) is 5.83. The van der Waals surface area contributed by atoms with Gasteiger partial charge < -0.3 is 13.9 Å². The minimum Gasteiger partial charge on any atom is -0.543 e. The van der Waals surface area contributed by atoms with Crippen molar-refractivity contribution in [2.75, 3.05) is 7.11 Å². The number of halogens is 1. The van der Waals surface area contributed by atoms with E-state index in [0.29, 0.717) is 28.0 Å². The van der Waals surface area contributed by atoms with Crippen molar-refractivity contribution in [2.24, 2.45) is 0 Å². The molecule has 1 atom stereocenters. The first kappa shape index (κ1) is 25.9. The highest BCUT2D eigenvalue weighted by atomic mass is 79.9. The molecule has 0 heterocycles. The largest absolute Gasteiger partial charge is 0.543 e. The van der Waals surface area contributed by atoms with Crippen molar-refractivity contribution in [1.82, 2.24) is 0 Å². The van der Waals surface area contributed by atoms with Crippen molar-refractivity contribution in [2.45, 2.75) is 57.4 Å². The molecule has 9 heteroatoms. The topological polar surface area (TPSA) is 87.9 Å². The van der Waals surface area contributed by atoms with E-state index in [1.165, 1.54) is 7.11 Å². The number of hydrogen-bond donors (Lipinski definition) is 0. The molecule has 2 rings (SSSR count). The van der Waals surface area contributed by atoms with Gasteiger partial charge in [0.15, 0.2) is 0 Å². The first-order valence-corrected chi connectivity index (χ1v) is 14.2. The van der Waals surface area contributed by atoms with Gasteiger partial charge in [0.2, 0.25) is 8.32 Å². The smallest absolute Gasteiger partial charge is 0.383 e. The molecule has 0 amide bonds. The monoisotopic (exact) mass is 523 g/mol. The highest BCUT2D eigenvalue weighted by Gasteiger charge is 2.40. The fraction of sp³-hybridized carbons (Fsp3) is 0.435. The van der Waals surface area contributed by atoms with E-state index < -0.39 is 25.4 Å². The number of carbonyl (C=O) groups is 1. The normalized spacial score (nSPS) is 12.8. The van der Waals surface area contributed by atoms with Crippen LogP contribution in [0.5, 0.6) is 11.5 Å². The summed E-state index contributed by atoms with van der Waals surface area (Å²) in [6.07, 6.45) is -1.62. The van der Waals surface area contributed by atoms with Crippen molar-refractivity contribution in [3.8, 4) is 11.5 Å². The third kappa shape index (κ3) is 5.50. The van der Waals surface area contributed by atoms with Gasteiger partial charge in [0.05, 0.1) is 23.2 Å². The first-order valence-electron chi connectivity index (χ1n) is 10.2. The Bertz CT molecular complexity index is 988. The zero-order valence-electron chi connectivity index (χ0n) is 19.5. The minimum absolute atomic E-state index is 0.0700. The third-order valence-corrected chi connectivity index (χ3v) is 10.7. The molecular formula is C23H30BrNO6Si. The van der Waals surface area contributed by atoms with E-state index in [0.717, 1.165) is 0 Å². The highest BCUT2D eigenvalue weighted by Crippen LogP contribution is 2.42. The van der Waals surface area contributed by atoms with E-state index in [2.05, 4.69) is 49.8 Å². The Hall–Kier alpha value is -2.39. The minimum atomic E-state index is -2.24. The second-order valence-corrected chi connectivity index (χ2v) is 14.3. The van der Waals surface area contributed by atoms with Gasteiger partial charge in [-0.2, -0.15) is 0 Å². The second kappa shape index (κ2) is 10.0. The zero-order chi connectivity index (χ0) is 24.3. The average Bonchev–Trinajstić information content (AvgIpc) is 2.71. The van der Waals surface area contributed by atoms with Gasteiger partial charge in [-0.1, -0.05) is 54.9 Å². The molecule has 1 unspecified atom stereocenters. The van der Waals surface area contributed by atoms with Crippen LogP contribution in [0.1, 0.15) is 54.0 Å². The van der Waals surface area contributed by atoms with Crippen LogP contribution in [0.2, 0.25) is 18.1 Å². The van der Waals surface area contributed by atoms with Gasteiger partial charge in [0.1, 0.15) is 11.5 Å². The van der Waals surface area contributed by atoms with Crippen molar-refractivity contribution >= 4 is 30.2 Å². The zero-order valence-corrected chi connectivity index (χ0v) is 22.1. The SMILES string of the molecule is COc1cc(O[Si](C)(C)C(C)(C)C)c(CBr)c(C(=O)OC(c2ccccc2)[N+](=O)[O-])c1C. The van der Waals surface area contributed by atoms with Gasteiger partial charge in [-0.3, -0.25) is 10.1 Å². The Morgan fingerprint density at radius 2 is 1.78 bits per heavy atom. The van der Waals surface area contributed by atoms with Crippen molar-refractivity contribution < 1.29 is 23.6 Å². The Kier molecular flexibility index (Phi) is 8.11. The van der Waals surface area contributed by atoms with Crippen LogP contribution in [0.15, 0.2) is 36.4 Å². The van der Waals surface area contributed by atoms with Crippen LogP contribution in [-0.4, -0.2) is 26.3 Å². The van der Waals surface area contributed by atoms with E-state index in [-0.39, 0.29) is 16.2 Å². The molecule has 0 fully saturated rings. The lowest BCUT2D eigenvalue weighted by molar-refractivity contribution is -0.574. The van der Waals surface area contributed by atoms with E-state index in [4.69, 9.17) is 13.9 Å². The average molecular weight is 524 g/mol. The predicted molar refractivity (Wildman–Crippen MR) is 130 cm³/mol. The standard InChI is InChI=1S/C23H30BrNO6Si/c1-15-18(29-5)13-19(31-32(6,7)23(2,3)4)17(14-24)20(15)22(26)30-21(25(27)28)16-11-9-8-10-12-16/h8-13,21H,14H2,1-7H3. The number of carbonyl (C=O) groups excluding carboxylic acids is 1. The molecule has 32 heavy (non-hydrogen) atoms. The van der Waals surface area contributed by atoms with Crippen molar-refractivity contribution in [1.29, 1.82) is 0 Å². The van der Waals surface area contributed by atoms with Gasteiger partial charge in [0, 0.05) is 22.5 Å². The molecule has 0 saturated heterocycles. The lowest BCUT2D eigenvalue weighted by Gasteiger charge is -2.37. The van der Waals surface area contributed by atoms with Gasteiger partial charge in [0.25, 0.3) is 0 Å². The van der Waals surface area contributed by atoms with Crippen LogP contribution in [0, 0.1) is 17.0 Å². The number of hydrogen-bond acceptors (Lipinski definition) is 6. The van der Waals surface area contributed by atoms with Crippen LogP contribution < -0.4 is 9.16 Å². The maximum atomic E-state index is 13.3. The number of esters is 1. The van der Waals surface area contributed by atoms with Gasteiger partial charge in [-0.15, -0.1) is 0 Å². The number of methoxy groups -OCH3 is 1. The number of rotatable bonds is 8. The fourth-order valence-corrected chi connectivity index (χ4v) is 4.53. The van der Waals surface area contributed by atoms with E-state index in [9.17, 15) is 14.9 Å². The molecule has 174 valence electrons. The van der Waals surface area contributed by atoms with Gasteiger partial charge in [-0.25, -0.2) is 4.79 Å². The quantitative estimate of drug-likeness (QED) is 0.0990. The molecule has 0 aromatic heterocycles. The summed E-state index contributed by atoms with van der Waals surface area (Å²) in [5.41, 5.74) is 1.60. The number of nitrogens with zero attached hydrogens (tertiary/aromatic N) is 1. The van der Waals surface area contributed by atoms with Crippen molar-refractivity contribution in [3.63, 3.8) is 0 Å². The Labute approximate surface area is 198 Å². The van der Waals surface area contributed by atoms with Crippen LogP contribution in [-0.2, 0) is 10.1 Å². The summed E-state index contributed by atoms with van der Waals surface area (Å²) >= 11 is 3.46. The predicted octanol–water partition coefficient (Wildman–Crippen LogP) is 6.41. The molecule has 0 aliphatic carbocycles. The summed E-state index contributed by atoms with van der Waals surface area (Å²) < 4.78 is 17.4. The molecular weight excluding hydrogens is 494 g/mol. The van der Waals surface area contributed by atoms with E-state index in [1.54, 1.807) is 43.3 Å². The van der Waals surface area contributed by atoms with Crippen LogP contribution in [0.25, 0.3) is 0 Å². The number of alkyl halides is 1. The molecule has 0 saturated carbocycles. The fourth-order valence-electron chi connectivity index (χ4n) is 2.94. The Morgan fingerprint density at radius 1 is 1.19 bits per heavy atom. The first-order chi connectivity index (χ1) is 14.8. The number of benzene rings is 2. The van der Waals surface area contributed by atoms with Crippen molar-refractivity contribution in [3.05, 3.63) is 68.8 Å². The molecule has 0 bridgehead atoms. The lowest BCUT2D eigenvalue weighted by Crippen LogP contribution is -2.44. The van der Waals surface area contributed by atoms with Gasteiger partial charge >= 0.3 is 12.2 Å². The lowest BCUT2D eigenvalue weighted by atomic mass is 10.0. The molecule has 0 radical (unpaired) electrons. The van der Waals surface area contributed by atoms with Gasteiger partial charge in [-0.05, 0) is 37.2 Å². The number of ether oxygens (including phenoxy) is 2. The van der Waals surface area contributed by atoms with E-state index in [1.807, 2.05) is 0 Å². The summed E-state index contributed by atoms with van der Waals surface area (Å²) in [6, 6.07) is 9.93. The Balaban J connectivity index is 2.58. The van der Waals surface area contributed by atoms with Crippen LogP contribution in [0.3, 0.4) is 0 Å². The van der Waals surface area contributed by atoms with Crippen LogP contribution in [0.4, 0.5) is 0 Å². The maximum Gasteiger partial charge on any atom is 0.383 e.